The van der Waals surface area contributed by atoms with E-state index in [9.17, 15) is 0 Å². The van der Waals surface area contributed by atoms with Gasteiger partial charge in [0.1, 0.15) is 0 Å². The summed E-state index contributed by atoms with van der Waals surface area (Å²) < 4.78 is 0. The Kier molecular flexibility index (Phi) is 40.5. The van der Waals surface area contributed by atoms with Crippen molar-refractivity contribution in [2.75, 3.05) is 25.0 Å². The van der Waals surface area contributed by atoms with E-state index in [4.69, 9.17) is 5.73 Å². The highest BCUT2D eigenvalue weighted by Crippen LogP contribution is 1.80. The maximum atomic E-state index is 5.14. The third kappa shape index (κ3) is 54.1. The molecule has 3 N–H and O–H groups in total. The molecule has 96 valence electrons. The van der Waals surface area contributed by atoms with Crippen molar-refractivity contribution in [2.45, 2.75) is 53.4 Å². The van der Waals surface area contributed by atoms with E-state index in [2.05, 4.69) is 42.0 Å². The standard InChI is InChI=1S/C6H15N.C4H11N.C2H5Br/c1-3-5-6-7-4-2;1-2-3-4-5;1-2-3/h7H,3-6H2,1-2H3;2-5H2,1H3;2H2,1H3. The lowest BCUT2D eigenvalue weighted by atomic mass is 10.3. The number of hydrogen-bond donors (Lipinski definition) is 2. The summed E-state index contributed by atoms with van der Waals surface area (Å²) in [4.78, 5) is 0. The summed E-state index contributed by atoms with van der Waals surface area (Å²) in [5.41, 5.74) is 5.14. The second-order valence-corrected chi connectivity index (χ2v) is 4.24. The van der Waals surface area contributed by atoms with Crippen LogP contribution in [0.4, 0.5) is 0 Å². The quantitative estimate of drug-likeness (QED) is 0.578. The Hall–Kier alpha value is 0.400. The minimum atomic E-state index is 0.844. The molecule has 2 nitrogen and oxygen atoms in total. The van der Waals surface area contributed by atoms with E-state index in [0.29, 0.717) is 0 Å². The molecule has 0 aromatic heterocycles. The first kappa shape index (κ1) is 20.8. The zero-order valence-corrected chi connectivity index (χ0v) is 12.7. The van der Waals surface area contributed by atoms with Crippen molar-refractivity contribution < 1.29 is 0 Å². The fraction of sp³-hybridized carbons (Fsp3) is 1.00. The Labute approximate surface area is 106 Å². The van der Waals surface area contributed by atoms with Crippen LogP contribution in [0.25, 0.3) is 0 Å². The summed E-state index contributed by atoms with van der Waals surface area (Å²) in [6, 6.07) is 0. The van der Waals surface area contributed by atoms with Crippen molar-refractivity contribution in [3.05, 3.63) is 0 Å². The molecular formula is C12H31BrN2. The number of nitrogens with one attached hydrogen (secondary N) is 1. The Morgan fingerprint density at radius 1 is 1.00 bits per heavy atom. The van der Waals surface area contributed by atoms with Crippen LogP contribution >= 0.6 is 15.9 Å². The predicted molar refractivity (Wildman–Crippen MR) is 76.9 cm³/mol. The molecule has 0 atom stereocenters. The smallest absolute Gasteiger partial charge is 0.000281 e. The molecule has 0 aromatic carbocycles. The molecule has 0 radical (unpaired) electrons. The van der Waals surface area contributed by atoms with Crippen LogP contribution in [0.3, 0.4) is 0 Å². The van der Waals surface area contributed by atoms with Gasteiger partial charge >= 0.3 is 0 Å². The Morgan fingerprint density at radius 3 is 1.67 bits per heavy atom. The number of halogens is 1. The van der Waals surface area contributed by atoms with Gasteiger partial charge in [-0.15, -0.1) is 0 Å². The van der Waals surface area contributed by atoms with Crippen molar-refractivity contribution in [3.63, 3.8) is 0 Å². The summed E-state index contributed by atoms with van der Waals surface area (Å²) >= 11 is 3.15. The van der Waals surface area contributed by atoms with Crippen LogP contribution in [-0.4, -0.2) is 25.0 Å². The lowest BCUT2D eigenvalue weighted by molar-refractivity contribution is 0.663. The van der Waals surface area contributed by atoms with E-state index in [0.717, 1.165) is 18.4 Å². The molecule has 0 saturated heterocycles. The van der Waals surface area contributed by atoms with Crippen molar-refractivity contribution in [1.29, 1.82) is 0 Å². The van der Waals surface area contributed by atoms with Crippen LogP contribution in [0.15, 0.2) is 0 Å². The molecule has 0 heterocycles. The van der Waals surface area contributed by atoms with Gasteiger partial charge in [-0.2, -0.15) is 0 Å². The molecule has 0 fully saturated rings. The van der Waals surface area contributed by atoms with Gasteiger partial charge in [-0.1, -0.05) is 56.5 Å². The molecule has 0 rings (SSSR count). The van der Waals surface area contributed by atoms with E-state index in [1.54, 1.807) is 0 Å². The van der Waals surface area contributed by atoms with Crippen molar-refractivity contribution in [2.24, 2.45) is 5.73 Å². The monoisotopic (exact) mass is 282 g/mol. The Bertz CT molecular complexity index is 64.6. The molecule has 0 aliphatic carbocycles. The minimum absolute atomic E-state index is 0.844. The van der Waals surface area contributed by atoms with Crippen molar-refractivity contribution in [1.82, 2.24) is 5.32 Å². The summed E-state index contributed by atoms with van der Waals surface area (Å²) in [5, 5.41) is 4.31. The average molecular weight is 283 g/mol. The van der Waals surface area contributed by atoms with Gasteiger partial charge in [0.15, 0.2) is 0 Å². The first-order valence-corrected chi connectivity index (χ1v) is 7.33. The normalized spacial score (nSPS) is 8.40. The van der Waals surface area contributed by atoms with Crippen molar-refractivity contribution in [3.8, 4) is 0 Å². The predicted octanol–water partition coefficient (Wildman–Crippen LogP) is 3.54. The maximum absolute atomic E-state index is 5.14. The highest BCUT2D eigenvalue weighted by atomic mass is 79.9. The van der Waals surface area contributed by atoms with Gasteiger partial charge in [-0.05, 0) is 32.5 Å². The van der Waals surface area contributed by atoms with Gasteiger partial charge in [0.05, 0.1) is 0 Å². The average Bonchev–Trinajstić information content (AvgIpc) is 2.22. The summed E-state index contributed by atoms with van der Waals surface area (Å²) in [6.45, 7) is 11.7. The lowest BCUT2D eigenvalue weighted by Crippen LogP contribution is -2.13. The minimum Gasteiger partial charge on any atom is -0.330 e. The zero-order chi connectivity index (χ0) is 12.4. The van der Waals surface area contributed by atoms with Crippen molar-refractivity contribution >= 4 is 15.9 Å². The van der Waals surface area contributed by atoms with Crippen LogP contribution in [0.1, 0.15) is 53.4 Å². The highest BCUT2D eigenvalue weighted by Gasteiger charge is 1.77. The molecule has 0 saturated carbocycles. The summed E-state index contributed by atoms with van der Waals surface area (Å²) in [7, 11) is 0. The van der Waals surface area contributed by atoms with Gasteiger partial charge in [-0.3, -0.25) is 0 Å². The molecular weight excluding hydrogens is 252 g/mol. The topological polar surface area (TPSA) is 38.0 Å². The number of nitrogens with two attached hydrogens (primary N) is 1. The SMILES string of the molecule is CCBr.CCCCN.CCCCNCC. The largest absolute Gasteiger partial charge is 0.330 e. The maximum Gasteiger partial charge on any atom is 0.000281 e. The summed E-state index contributed by atoms with van der Waals surface area (Å²) in [5.74, 6) is 0. The molecule has 0 spiro atoms. The van der Waals surface area contributed by atoms with E-state index in [1.165, 1.54) is 32.2 Å². The second kappa shape index (κ2) is 29.3. The van der Waals surface area contributed by atoms with Crippen LogP contribution in [0.2, 0.25) is 0 Å². The van der Waals surface area contributed by atoms with Crippen LogP contribution in [0.5, 0.6) is 0 Å². The van der Waals surface area contributed by atoms with Crippen LogP contribution in [-0.2, 0) is 0 Å². The first-order valence-electron chi connectivity index (χ1n) is 6.21. The van der Waals surface area contributed by atoms with Gasteiger partial charge in [0, 0.05) is 5.33 Å². The van der Waals surface area contributed by atoms with Gasteiger partial charge < -0.3 is 11.1 Å². The molecule has 0 unspecified atom stereocenters. The number of rotatable bonds is 6. The molecule has 3 heteroatoms. The number of hydrogen-bond acceptors (Lipinski definition) is 2. The molecule has 0 bridgehead atoms. The Morgan fingerprint density at radius 2 is 1.47 bits per heavy atom. The molecule has 0 amide bonds. The third-order valence-corrected chi connectivity index (χ3v) is 1.51. The van der Waals surface area contributed by atoms with Crippen LogP contribution < -0.4 is 11.1 Å². The van der Waals surface area contributed by atoms with Gasteiger partial charge in [-0.25, -0.2) is 0 Å². The number of unbranched alkanes of at least 4 members (excludes halogenated alkanes) is 2. The number of alkyl halides is 1. The molecule has 15 heavy (non-hydrogen) atoms. The third-order valence-electron chi connectivity index (χ3n) is 1.51. The van der Waals surface area contributed by atoms with Gasteiger partial charge in [0.2, 0.25) is 0 Å². The van der Waals surface area contributed by atoms with E-state index in [-0.39, 0.29) is 0 Å². The zero-order valence-electron chi connectivity index (χ0n) is 11.1. The fourth-order valence-electron chi connectivity index (χ4n) is 0.683. The second-order valence-electron chi connectivity index (χ2n) is 3.12. The van der Waals surface area contributed by atoms with E-state index < -0.39 is 0 Å². The molecule has 0 aliphatic heterocycles. The molecule has 0 aliphatic rings. The first-order chi connectivity index (χ1) is 7.24. The fourth-order valence-corrected chi connectivity index (χ4v) is 0.683. The highest BCUT2D eigenvalue weighted by molar-refractivity contribution is 9.09. The van der Waals surface area contributed by atoms with Gasteiger partial charge in [0.25, 0.3) is 0 Å². The molecule has 0 aromatic rings. The lowest BCUT2D eigenvalue weighted by Gasteiger charge is -1.95. The van der Waals surface area contributed by atoms with E-state index in [1.807, 2.05) is 6.92 Å². The Balaban J connectivity index is -0.000000158. The van der Waals surface area contributed by atoms with E-state index >= 15 is 0 Å². The van der Waals surface area contributed by atoms with Crippen LogP contribution in [0, 0.1) is 0 Å². The summed E-state index contributed by atoms with van der Waals surface area (Å²) in [6.07, 6.45) is 5.00.